The van der Waals surface area contributed by atoms with E-state index in [1.54, 1.807) is 0 Å². The summed E-state index contributed by atoms with van der Waals surface area (Å²) >= 11 is 0. The highest BCUT2D eigenvalue weighted by atomic mass is 16.2. The number of carbonyl (C=O) groups is 1. The van der Waals surface area contributed by atoms with Gasteiger partial charge in [0.25, 0.3) is 0 Å². The number of piperidine rings is 1. The van der Waals surface area contributed by atoms with E-state index < -0.39 is 0 Å². The molecule has 4 rings (SSSR count). The molecule has 1 aromatic rings. The highest BCUT2D eigenvalue weighted by molar-refractivity contribution is 5.99. The van der Waals surface area contributed by atoms with Gasteiger partial charge in [0, 0.05) is 51.1 Å². The second-order valence-electron chi connectivity index (χ2n) is 7.16. The van der Waals surface area contributed by atoms with Crippen LogP contribution in [0.2, 0.25) is 0 Å². The molecule has 3 aliphatic rings. The van der Waals surface area contributed by atoms with Crippen LogP contribution in [0.5, 0.6) is 0 Å². The van der Waals surface area contributed by atoms with Crippen molar-refractivity contribution in [2.75, 3.05) is 36.5 Å². The Morgan fingerprint density at radius 2 is 2.05 bits per heavy atom. The van der Waals surface area contributed by atoms with Gasteiger partial charge in [-0.15, -0.1) is 0 Å². The molecule has 1 fully saturated rings. The lowest BCUT2D eigenvalue weighted by Gasteiger charge is -2.40. The molecule has 0 spiro atoms. The van der Waals surface area contributed by atoms with Gasteiger partial charge in [-0.2, -0.15) is 0 Å². The van der Waals surface area contributed by atoms with Crippen LogP contribution >= 0.6 is 0 Å². The molecule has 0 saturated carbocycles. The van der Waals surface area contributed by atoms with Crippen LogP contribution in [0, 0.1) is 0 Å². The van der Waals surface area contributed by atoms with Crippen molar-refractivity contribution in [2.24, 2.45) is 0 Å². The van der Waals surface area contributed by atoms with Gasteiger partial charge in [0.05, 0.1) is 11.4 Å². The number of amides is 1. The van der Waals surface area contributed by atoms with E-state index in [4.69, 9.17) is 0 Å². The van der Waals surface area contributed by atoms with E-state index in [-0.39, 0.29) is 5.91 Å². The SMILES string of the molecule is CC(C)N1CCC2C(C1)c1cccc3c1N2CCC(=O)N3C. The molecule has 22 heavy (non-hydrogen) atoms. The van der Waals surface area contributed by atoms with Crippen molar-refractivity contribution >= 4 is 17.3 Å². The van der Waals surface area contributed by atoms with Crippen LogP contribution in [0.15, 0.2) is 18.2 Å². The summed E-state index contributed by atoms with van der Waals surface area (Å²) in [6, 6.07) is 7.69. The van der Waals surface area contributed by atoms with Gasteiger partial charge in [-0.25, -0.2) is 0 Å². The Morgan fingerprint density at radius 1 is 1.23 bits per heavy atom. The van der Waals surface area contributed by atoms with Crippen LogP contribution in [0.3, 0.4) is 0 Å². The summed E-state index contributed by atoms with van der Waals surface area (Å²) in [6.45, 7) is 7.77. The quantitative estimate of drug-likeness (QED) is 0.797. The van der Waals surface area contributed by atoms with E-state index in [9.17, 15) is 4.79 Å². The number of rotatable bonds is 1. The zero-order chi connectivity index (χ0) is 15.4. The number of hydrogen-bond acceptors (Lipinski definition) is 3. The van der Waals surface area contributed by atoms with Crippen molar-refractivity contribution in [1.82, 2.24) is 4.90 Å². The molecule has 2 unspecified atom stereocenters. The summed E-state index contributed by atoms with van der Waals surface area (Å²) in [6.07, 6.45) is 1.83. The smallest absolute Gasteiger partial charge is 0.228 e. The highest BCUT2D eigenvalue weighted by Gasteiger charge is 2.44. The average Bonchev–Trinajstić information content (AvgIpc) is 2.78. The number of benzene rings is 1. The third-order valence-electron chi connectivity index (χ3n) is 5.77. The van der Waals surface area contributed by atoms with Gasteiger partial charge in [-0.1, -0.05) is 12.1 Å². The molecule has 4 heteroatoms. The monoisotopic (exact) mass is 299 g/mol. The molecule has 0 N–H and O–H groups in total. The molecular weight excluding hydrogens is 274 g/mol. The summed E-state index contributed by atoms with van der Waals surface area (Å²) < 4.78 is 0. The van der Waals surface area contributed by atoms with Gasteiger partial charge in [-0.05, 0) is 31.9 Å². The lowest BCUT2D eigenvalue weighted by Crippen LogP contribution is -2.48. The van der Waals surface area contributed by atoms with Crippen molar-refractivity contribution in [2.45, 2.75) is 44.7 Å². The van der Waals surface area contributed by atoms with Crippen molar-refractivity contribution in [3.63, 3.8) is 0 Å². The van der Waals surface area contributed by atoms with Gasteiger partial charge in [0.1, 0.15) is 0 Å². The van der Waals surface area contributed by atoms with Crippen LogP contribution in [-0.2, 0) is 4.79 Å². The second-order valence-corrected chi connectivity index (χ2v) is 7.16. The fourth-order valence-electron chi connectivity index (χ4n) is 4.51. The normalized spacial score (nSPS) is 27.9. The van der Waals surface area contributed by atoms with Crippen molar-refractivity contribution < 1.29 is 4.79 Å². The summed E-state index contributed by atoms with van der Waals surface area (Å²) in [5, 5.41) is 0. The standard InChI is InChI=1S/C18H25N3O/c1-12(2)20-9-7-15-14(11-20)13-5-4-6-16-18(13)21(15)10-8-17(22)19(16)3/h4-6,12,14-15H,7-11H2,1-3H3. The number of carbonyl (C=O) groups excluding carboxylic acids is 1. The van der Waals surface area contributed by atoms with Crippen molar-refractivity contribution in [3.05, 3.63) is 23.8 Å². The summed E-state index contributed by atoms with van der Waals surface area (Å²) in [5.41, 5.74) is 3.89. The maximum atomic E-state index is 12.3. The first-order chi connectivity index (χ1) is 10.6. The summed E-state index contributed by atoms with van der Waals surface area (Å²) in [7, 11) is 1.92. The molecule has 3 heterocycles. The first-order valence-electron chi connectivity index (χ1n) is 8.48. The lowest BCUT2D eigenvalue weighted by atomic mass is 9.88. The van der Waals surface area contributed by atoms with Gasteiger partial charge in [-0.3, -0.25) is 4.79 Å². The molecule has 0 aromatic heterocycles. The molecule has 1 amide bonds. The number of anilines is 2. The third kappa shape index (κ3) is 1.89. The third-order valence-corrected chi connectivity index (χ3v) is 5.77. The average molecular weight is 299 g/mol. The zero-order valence-corrected chi connectivity index (χ0v) is 13.7. The van der Waals surface area contributed by atoms with E-state index in [1.165, 1.54) is 24.2 Å². The number of hydrogen-bond donors (Lipinski definition) is 0. The number of nitrogens with zero attached hydrogens (tertiary/aromatic N) is 3. The minimum atomic E-state index is 0.235. The van der Waals surface area contributed by atoms with Gasteiger partial charge in [0.2, 0.25) is 5.91 Å². The van der Waals surface area contributed by atoms with Crippen molar-refractivity contribution in [1.29, 1.82) is 0 Å². The largest absolute Gasteiger partial charge is 0.365 e. The van der Waals surface area contributed by atoms with E-state index in [0.717, 1.165) is 18.8 Å². The molecule has 0 aliphatic carbocycles. The fraction of sp³-hybridized carbons (Fsp3) is 0.611. The topological polar surface area (TPSA) is 26.8 Å². The Kier molecular flexibility index (Phi) is 3.19. The molecule has 118 valence electrons. The Balaban J connectivity index is 1.79. The predicted octanol–water partition coefficient (Wildman–Crippen LogP) is 2.44. The van der Waals surface area contributed by atoms with Crippen molar-refractivity contribution in [3.8, 4) is 0 Å². The Morgan fingerprint density at radius 3 is 2.82 bits per heavy atom. The van der Waals surface area contributed by atoms with E-state index >= 15 is 0 Å². The molecule has 2 atom stereocenters. The highest BCUT2D eigenvalue weighted by Crippen LogP contribution is 2.50. The minimum Gasteiger partial charge on any atom is -0.365 e. The minimum absolute atomic E-state index is 0.235. The Labute approximate surface area is 132 Å². The van der Waals surface area contributed by atoms with Crippen LogP contribution in [-0.4, -0.2) is 49.6 Å². The van der Waals surface area contributed by atoms with Gasteiger partial charge >= 0.3 is 0 Å². The molecule has 1 saturated heterocycles. The maximum absolute atomic E-state index is 12.3. The lowest BCUT2D eigenvalue weighted by molar-refractivity contribution is -0.118. The summed E-state index contributed by atoms with van der Waals surface area (Å²) in [4.78, 5) is 19.2. The molecule has 4 nitrogen and oxygen atoms in total. The molecule has 1 aromatic carbocycles. The van der Waals surface area contributed by atoms with Crippen LogP contribution in [0.25, 0.3) is 0 Å². The van der Waals surface area contributed by atoms with Crippen LogP contribution < -0.4 is 9.80 Å². The Bertz CT molecular complexity index is 612. The molecular formula is C18H25N3O. The zero-order valence-electron chi connectivity index (χ0n) is 13.7. The number of likely N-dealkylation sites (tertiary alicyclic amines) is 1. The first-order valence-corrected chi connectivity index (χ1v) is 8.48. The van der Waals surface area contributed by atoms with Gasteiger partial charge in [0.15, 0.2) is 0 Å². The van der Waals surface area contributed by atoms with E-state index in [1.807, 2.05) is 11.9 Å². The van der Waals surface area contributed by atoms with E-state index in [2.05, 4.69) is 41.8 Å². The molecule has 0 bridgehead atoms. The first kappa shape index (κ1) is 14.1. The van der Waals surface area contributed by atoms with E-state index in [0.29, 0.717) is 24.4 Å². The second kappa shape index (κ2) is 4.98. The molecule has 0 radical (unpaired) electrons. The Hall–Kier alpha value is -1.55. The maximum Gasteiger partial charge on any atom is 0.228 e. The summed E-state index contributed by atoms with van der Waals surface area (Å²) in [5.74, 6) is 0.826. The van der Waals surface area contributed by atoms with Crippen LogP contribution in [0.1, 0.15) is 38.2 Å². The fourth-order valence-corrected chi connectivity index (χ4v) is 4.51. The number of fused-ring (bicyclic) bond motifs is 3. The van der Waals surface area contributed by atoms with Crippen LogP contribution in [0.4, 0.5) is 11.4 Å². The predicted molar refractivity (Wildman–Crippen MR) is 89.7 cm³/mol. The molecule has 3 aliphatic heterocycles. The number of para-hydroxylation sites is 1. The van der Waals surface area contributed by atoms with Gasteiger partial charge < -0.3 is 14.7 Å².